The number of aryl methyl sites for hydroxylation is 1. The summed E-state index contributed by atoms with van der Waals surface area (Å²) in [6, 6.07) is 8.25. The molecule has 1 saturated heterocycles. The largest absolute Gasteiger partial charge is 0.370 e. The fourth-order valence-electron chi connectivity index (χ4n) is 4.60. The summed E-state index contributed by atoms with van der Waals surface area (Å²) >= 11 is 0. The van der Waals surface area contributed by atoms with E-state index in [0.717, 1.165) is 60.0 Å². The van der Waals surface area contributed by atoms with Crippen molar-refractivity contribution >= 4 is 23.2 Å². The number of carbonyl (C=O) groups is 1. The van der Waals surface area contributed by atoms with Gasteiger partial charge in [-0.2, -0.15) is 9.61 Å². The maximum absolute atomic E-state index is 12.5. The highest BCUT2D eigenvalue weighted by Gasteiger charge is 2.19. The normalized spacial score (nSPS) is 15.0. The van der Waals surface area contributed by atoms with Crippen molar-refractivity contribution in [3.8, 4) is 11.1 Å². The van der Waals surface area contributed by atoms with E-state index in [-0.39, 0.29) is 11.9 Å². The number of hydrogen-bond acceptors (Lipinski definition) is 6. The smallest absolute Gasteiger partial charge is 0.251 e. The summed E-state index contributed by atoms with van der Waals surface area (Å²) in [6.45, 7) is 12.1. The molecule has 1 aromatic carbocycles. The zero-order chi connectivity index (χ0) is 24.9. The van der Waals surface area contributed by atoms with Crippen molar-refractivity contribution in [3.05, 3.63) is 41.6 Å². The van der Waals surface area contributed by atoms with Gasteiger partial charge in [-0.05, 0) is 83.3 Å². The Morgan fingerprint density at radius 1 is 1.20 bits per heavy atom. The molecule has 2 aromatic heterocycles. The monoisotopic (exact) mass is 477 g/mol. The molecule has 3 aromatic rings. The highest BCUT2D eigenvalue weighted by molar-refractivity contribution is 5.96. The zero-order valence-electron chi connectivity index (χ0n) is 21.7. The lowest BCUT2D eigenvalue weighted by molar-refractivity contribution is 0.0953. The van der Waals surface area contributed by atoms with Crippen LogP contribution in [0.1, 0.15) is 56.0 Å². The molecule has 0 unspecified atom stereocenters. The average molecular weight is 478 g/mol. The fraction of sp³-hybridized carbons (Fsp3) is 0.519. The molecule has 0 radical (unpaired) electrons. The van der Waals surface area contributed by atoms with Gasteiger partial charge in [0.25, 0.3) is 5.91 Å². The summed E-state index contributed by atoms with van der Waals surface area (Å²) in [7, 11) is 2.19. The molecule has 3 heterocycles. The number of aromatic nitrogens is 3. The Bertz CT molecular complexity index is 1160. The molecule has 35 heavy (non-hydrogen) atoms. The first-order valence-electron chi connectivity index (χ1n) is 12.8. The van der Waals surface area contributed by atoms with E-state index in [4.69, 9.17) is 10.1 Å². The summed E-state index contributed by atoms with van der Waals surface area (Å²) < 4.78 is 1.90. The Balaban J connectivity index is 1.64. The van der Waals surface area contributed by atoms with Gasteiger partial charge in [0.05, 0.1) is 6.20 Å². The van der Waals surface area contributed by atoms with Crippen LogP contribution in [0.3, 0.4) is 0 Å². The number of benzene rings is 1. The molecule has 8 heteroatoms. The van der Waals surface area contributed by atoms with Crippen LogP contribution in [-0.4, -0.2) is 64.7 Å². The van der Waals surface area contributed by atoms with E-state index in [9.17, 15) is 4.79 Å². The average Bonchev–Trinajstić information content (AvgIpc) is 3.25. The van der Waals surface area contributed by atoms with Gasteiger partial charge in [-0.25, -0.2) is 4.98 Å². The lowest BCUT2D eigenvalue weighted by Gasteiger charge is -2.29. The third kappa shape index (κ3) is 5.93. The molecule has 1 fully saturated rings. The van der Waals surface area contributed by atoms with E-state index in [0.29, 0.717) is 18.0 Å². The molecule has 0 bridgehead atoms. The summed E-state index contributed by atoms with van der Waals surface area (Å²) in [5.74, 6) is 2.39. The second-order valence-corrected chi connectivity index (χ2v) is 10.0. The number of nitrogens with one attached hydrogen (secondary N) is 3. The minimum absolute atomic E-state index is 0.0299. The molecule has 0 spiro atoms. The van der Waals surface area contributed by atoms with E-state index in [2.05, 4.69) is 41.7 Å². The zero-order valence-corrected chi connectivity index (χ0v) is 21.7. The quantitative estimate of drug-likeness (QED) is 0.423. The molecule has 188 valence electrons. The summed E-state index contributed by atoms with van der Waals surface area (Å²) in [6.07, 6.45) is 5.19. The Labute approximate surface area is 208 Å². The molecule has 3 N–H and O–H groups in total. The minimum Gasteiger partial charge on any atom is -0.370 e. The van der Waals surface area contributed by atoms with Crippen molar-refractivity contribution in [2.45, 2.75) is 53.0 Å². The fourth-order valence-corrected chi connectivity index (χ4v) is 4.60. The van der Waals surface area contributed by atoms with Crippen molar-refractivity contribution < 1.29 is 4.79 Å². The van der Waals surface area contributed by atoms with Crippen LogP contribution in [-0.2, 0) is 0 Å². The number of fused-ring (bicyclic) bond motifs is 1. The molecule has 1 aliphatic rings. The van der Waals surface area contributed by atoms with Gasteiger partial charge in [-0.1, -0.05) is 19.1 Å². The molecule has 0 aliphatic carbocycles. The number of amides is 1. The van der Waals surface area contributed by atoms with Crippen molar-refractivity contribution in [3.63, 3.8) is 0 Å². The molecule has 4 rings (SSSR count). The Kier molecular flexibility index (Phi) is 7.90. The van der Waals surface area contributed by atoms with Gasteiger partial charge in [-0.3, -0.25) is 4.79 Å². The molecule has 8 nitrogen and oxygen atoms in total. The number of nitrogens with zero attached hydrogens (tertiary/aromatic N) is 4. The van der Waals surface area contributed by atoms with Gasteiger partial charge < -0.3 is 20.9 Å². The molecule has 0 atom stereocenters. The van der Waals surface area contributed by atoms with Crippen molar-refractivity contribution in [2.24, 2.45) is 5.92 Å². The van der Waals surface area contributed by atoms with Crippen molar-refractivity contribution in [1.82, 2.24) is 24.8 Å². The first kappa shape index (κ1) is 25.0. The minimum atomic E-state index is -0.0299. The van der Waals surface area contributed by atoms with Gasteiger partial charge in [0.2, 0.25) is 0 Å². The summed E-state index contributed by atoms with van der Waals surface area (Å²) in [4.78, 5) is 19.8. The van der Waals surface area contributed by atoms with Crippen LogP contribution in [0.2, 0.25) is 0 Å². The van der Waals surface area contributed by atoms with Crippen molar-refractivity contribution in [1.29, 1.82) is 0 Å². The molecule has 1 aliphatic heterocycles. The Morgan fingerprint density at radius 3 is 2.66 bits per heavy atom. The predicted molar refractivity (Wildman–Crippen MR) is 143 cm³/mol. The van der Waals surface area contributed by atoms with Crippen molar-refractivity contribution in [2.75, 3.05) is 43.9 Å². The number of carbonyl (C=O) groups excluding carboxylic acids is 1. The number of piperidine rings is 1. The van der Waals surface area contributed by atoms with E-state index >= 15 is 0 Å². The molecular weight excluding hydrogens is 438 g/mol. The first-order valence-corrected chi connectivity index (χ1v) is 12.8. The van der Waals surface area contributed by atoms with E-state index in [1.54, 1.807) is 0 Å². The Hall–Kier alpha value is -3.13. The Morgan fingerprint density at radius 2 is 1.97 bits per heavy atom. The summed E-state index contributed by atoms with van der Waals surface area (Å²) in [5, 5.41) is 14.8. The van der Waals surface area contributed by atoms with Crippen LogP contribution in [0.5, 0.6) is 0 Å². The van der Waals surface area contributed by atoms with Crippen LogP contribution < -0.4 is 16.0 Å². The lowest BCUT2D eigenvalue weighted by atomic mass is 9.97. The van der Waals surface area contributed by atoms with E-state index in [1.165, 1.54) is 12.8 Å². The number of likely N-dealkylation sites (tertiary alicyclic amines) is 1. The third-order valence-electron chi connectivity index (χ3n) is 6.64. The van der Waals surface area contributed by atoms with Crippen LogP contribution in [0.4, 0.5) is 11.6 Å². The second-order valence-electron chi connectivity index (χ2n) is 10.0. The topological polar surface area (TPSA) is 86.6 Å². The number of anilines is 2. The second kappa shape index (κ2) is 11.1. The van der Waals surface area contributed by atoms with E-state index in [1.807, 2.05) is 48.8 Å². The molecular formula is C27H39N7O. The van der Waals surface area contributed by atoms with E-state index < -0.39 is 0 Å². The van der Waals surface area contributed by atoms with Gasteiger partial charge in [0.1, 0.15) is 11.6 Å². The summed E-state index contributed by atoms with van der Waals surface area (Å²) in [5.41, 5.74) is 4.38. The lowest BCUT2D eigenvalue weighted by Crippen LogP contribution is -2.33. The van der Waals surface area contributed by atoms with Crippen LogP contribution in [0.15, 0.2) is 30.5 Å². The van der Waals surface area contributed by atoms with Gasteiger partial charge in [0, 0.05) is 36.3 Å². The van der Waals surface area contributed by atoms with Gasteiger partial charge in [0.15, 0.2) is 5.65 Å². The third-order valence-corrected chi connectivity index (χ3v) is 6.64. The standard InChI is InChI=1S/C27H39N7O/c1-6-11-28-27(35)22-8-7-21(14-19(22)4)23-17-30-34-25(15-24(31-18(2)3)32-26(23)34)29-16-20-9-12-33(5)13-10-20/h7-8,14-15,17-18,20,29H,6,9-13,16H2,1-5H3,(H,28,35)(H,31,32). The molecule has 1 amide bonds. The van der Waals surface area contributed by atoms with Crippen LogP contribution >= 0.6 is 0 Å². The van der Waals surface area contributed by atoms with Gasteiger partial charge in [-0.15, -0.1) is 0 Å². The van der Waals surface area contributed by atoms with Crippen LogP contribution in [0, 0.1) is 12.8 Å². The van der Waals surface area contributed by atoms with Gasteiger partial charge >= 0.3 is 0 Å². The maximum Gasteiger partial charge on any atom is 0.251 e. The number of rotatable bonds is 9. The highest BCUT2D eigenvalue weighted by atomic mass is 16.1. The first-order chi connectivity index (χ1) is 16.9. The van der Waals surface area contributed by atoms with Crippen LogP contribution in [0.25, 0.3) is 16.8 Å². The SMILES string of the molecule is CCCNC(=O)c1ccc(-c2cnn3c(NCC4CCN(C)CC4)cc(NC(C)C)nc23)cc1C. The number of hydrogen-bond donors (Lipinski definition) is 3. The predicted octanol–water partition coefficient (Wildman–Crippen LogP) is 4.42. The maximum atomic E-state index is 12.5. The highest BCUT2D eigenvalue weighted by Crippen LogP contribution is 2.29. The molecule has 0 saturated carbocycles.